The Hall–Kier alpha value is -2.65. The van der Waals surface area contributed by atoms with Gasteiger partial charge in [-0.25, -0.2) is 4.98 Å². The fourth-order valence-corrected chi connectivity index (χ4v) is 3.74. The van der Waals surface area contributed by atoms with Crippen LogP contribution in [0.25, 0.3) is 10.2 Å². The molecule has 0 bridgehead atoms. The highest BCUT2D eigenvalue weighted by Crippen LogP contribution is 2.19. The van der Waals surface area contributed by atoms with E-state index in [1.807, 2.05) is 11.6 Å². The van der Waals surface area contributed by atoms with Crippen molar-refractivity contribution in [2.24, 2.45) is 0 Å². The third-order valence-corrected chi connectivity index (χ3v) is 5.07. The summed E-state index contributed by atoms with van der Waals surface area (Å²) in [6.45, 7) is 1.30. The topological polar surface area (TPSA) is 93.1 Å². The van der Waals surface area contributed by atoms with E-state index < -0.39 is 0 Å². The molecule has 7 nitrogen and oxygen atoms in total. The number of aromatic nitrogens is 2. The van der Waals surface area contributed by atoms with Gasteiger partial charge in [-0.2, -0.15) is 0 Å². The van der Waals surface area contributed by atoms with Gasteiger partial charge in [-0.1, -0.05) is 11.8 Å². The highest BCUT2D eigenvalue weighted by Gasteiger charge is 2.14. The SMILES string of the molecule is CSc1nc2ccsc2c(=O)n1CC(=O)Nc1ccc(NC(C)=O)cc1. The van der Waals surface area contributed by atoms with Crippen molar-refractivity contribution in [3.63, 3.8) is 0 Å². The Kier molecular flexibility index (Phi) is 5.38. The van der Waals surface area contributed by atoms with Crippen LogP contribution in [0.3, 0.4) is 0 Å². The van der Waals surface area contributed by atoms with Gasteiger partial charge in [-0.05, 0) is 42.0 Å². The van der Waals surface area contributed by atoms with Gasteiger partial charge in [-0.3, -0.25) is 19.0 Å². The van der Waals surface area contributed by atoms with Gasteiger partial charge < -0.3 is 10.6 Å². The van der Waals surface area contributed by atoms with Crippen LogP contribution >= 0.6 is 23.1 Å². The number of thioether (sulfide) groups is 1. The number of benzene rings is 1. The molecule has 2 aromatic heterocycles. The average molecular weight is 388 g/mol. The number of nitrogens with one attached hydrogen (secondary N) is 2. The third-order valence-electron chi connectivity index (χ3n) is 3.50. The lowest BCUT2D eigenvalue weighted by atomic mass is 10.2. The van der Waals surface area contributed by atoms with E-state index in [2.05, 4.69) is 15.6 Å². The molecule has 2 heterocycles. The summed E-state index contributed by atoms with van der Waals surface area (Å²) in [5.41, 5.74) is 1.65. The average Bonchev–Trinajstić information content (AvgIpc) is 3.07. The van der Waals surface area contributed by atoms with Crippen molar-refractivity contribution in [2.75, 3.05) is 16.9 Å². The minimum Gasteiger partial charge on any atom is -0.326 e. The Morgan fingerprint density at radius 2 is 1.81 bits per heavy atom. The predicted octanol–water partition coefficient (Wildman–Crippen LogP) is 2.78. The van der Waals surface area contributed by atoms with E-state index >= 15 is 0 Å². The number of carbonyl (C=O) groups excluding carboxylic acids is 2. The second kappa shape index (κ2) is 7.71. The molecule has 0 spiro atoms. The number of hydrogen-bond donors (Lipinski definition) is 2. The molecule has 2 amide bonds. The van der Waals surface area contributed by atoms with E-state index in [9.17, 15) is 14.4 Å². The largest absolute Gasteiger partial charge is 0.326 e. The quantitative estimate of drug-likeness (QED) is 0.518. The summed E-state index contributed by atoms with van der Waals surface area (Å²) >= 11 is 2.63. The van der Waals surface area contributed by atoms with Gasteiger partial charge in [0, 0.05) is 18.3 Å². The highest BCUT2D eigenvalue weighted by atomic mass is 32.2. The molecule has 2 N–H and O–H groups in total. The first-order valence-electron chi connectivity index (χ1n) is 7.67. The number of fused-ring (bicyclic) bond motifs is 1. The van der Waals surface area contributed by atoms with Gasteiger partial charge in [0.25, 0.3) is 5.56 Å². The zero-order chi connectivity index (χ0) is 18.7. The lowest BCUT2D eigenvalue weighted by molar-refractivity contribution is -0.117. The first-order valence-corrected chi connectivity index (χ1v) is 9.78. The van der Waals surface area contributed by atoms with Gasteiger partial charge in [0.1, 0.15) is 11.2 Å². The molecule has 0 saturated heterocycles. The molecular formula is C17H16N4O3S2. The number of anilines is 2. The fraction of sp³-hybridized carbons (Fsp3) is 0.176. The normalized spacial score (nSPS) is 10.7. The molecule has 0 fully saturated rings. The van der Waals surface area contributed by atoms with Crippen LogP contribution in [-0.4, -0.2) is 27.6 Å². The van der Waals surface area contributed by atoms with E-state index in [0.717, 1.165) is 0 Å². The van der Waals surface area contributed by atoms with Crippen molar-refractivity contribution in [1.82, 2.24) is 9.55 Å². The van der Waals surface area contributed by atoms with Gasteiger partial charge >= 0.3 is 0 Å². The molecule has 26 heavy (non-hydrogen) atoms. The first-order chi connectivity index (χ1) is 12.5. The Bertz CT molecular complexity index is 1020. The number of hydrogen-bond acceptors (Lipinski definition) is 6. The summed E-state index contributed by atoms with van der Waals surface area (Å²) in [6, 6.07) is 8.54. The molecule has 3 rings (SSSR count). The zero-order valence-corrected chi connectivity index (χ0v) is 15.7. The fourth-order valence-electron chi connectivity index (χ4n) is 2.40. The van der Waals surface area contributed by atoms with Gasteiger partial charge in [0.2, 0.25) is 11.8 Å². The molecule has 0 aliphatic heterocycles. The first kappa shape index (κ1) is 18.2. The molecule has 0 aliphatic rings. The second-order valence-corrected chi connectivity index (χ2v) is 7.12. The number of nitrogens with zero attached hydrogens (tertiary/aromatic N) is 2. The Balaban J connectivity index is 1.78. The maximum atomic E-state index is 12.6. The highest BCUT2D eigenvalue weighted by molar-refractivity contribution is 7.98. The van der Waals surface area contributed by atoms with E-state index in [4.69, 9.17) is 0 Å². The maximum absolute atomic E-state index is 12.6. The van der Waals surface area contributed by atoms with Crippen molar-refractivity contribution >= 4 is 56.5 Å². The molecule has 0 aliphatic carbocycles. The van der Waals surface area contributed by atoms with Crippen molar-refractivity contribution in [1.29, 1.82) is 0 Å². The third kappa shape index (κ3) is 3.94. The van der Waals surface area contributed by atoms with Crippen LogP contribution in [-0.2, 0) is 16.1 Å². The van der Waals surface area contributed by atoms with Crippen LogP contribution in [0.4, 0.5) is 11.4 Å². The maximum Gasteiger partial charge on any atom is 0.272 e. The zero-order valence-electron chi connectivity index (χ0n) is 14.1. The van der Waals surface area contributed by atoms with Crippen LogP contribution in [0.5, 0.6) is 0 Å². The van der Waals surface area contributed by atoms with Gasteiger partial charge in [-0.15, -0.1) is 11.3 Å². The summed E-state index contributed by atoms with van der Waals surface area (Å²) in [5, 5.41) is 7.71. The monoisotopic (exact) mass is 388 g/mol. The Morgan fingerprint density at radius 3 is 2.42 bits per heavy atom. The van der Waals surface area contributed by atoms with Crippen molar-refractivity contribution in [2.45, 2.75) is 18.6 Å². The van der Waals surface area contributed by atoms with E-state index in [0.29, 0.717) is 26.7 Å². The summed E-state index contributed by atoms with van der Waals surface area (Å²) in [5.74, 6) is -0.491. The number of rotatable bonds is 5. The lowest BCUT2D eigenvalue weighted by Crippen LogP contribution is -2.29. The minimum absolute atomic E-state index is 0.122. The summed E-state index contributed by atoms with van der Waals surface area (Å²) < 4.78 is 1.92. The molecule has 3 aromatic rings. The number of thiophene rings is 1. The lowest BCUT2D eigenvalue weighted by Gasteiger charge is -2.11. The standard InChI is InChI=1S/C17H16N4O3S2/c1-10(22)18-11-3-5-12(6-4-11)19-14(23)9-21-16(24)15-13(7-8-26-15)20-17(21)25-2/h3-8H,9H2,1-2H3,(H,18,22)(H,19,23). The van der Waals surface area contributed by atoms with E-state index in [1.165, 1.54) is 34.6 Å². The number of amides is 2. The predicted molar refractivity (Wildman–Crippen MR) is 105 cm³/mol. The van der Waals surface area contributed by atoms with Gasteiger partial charge in [0.15, 0.2) is 5.16 Å². The second-order valence-electron chi connectivity index (χ2n) is 5.43. The molecule has 0 radical (unpaired) electrons. The van der Waals surface area contributed by atoms with Crippen LogP contribution in [0.15, 0.2) is 45.7 Å². The summed E-state index contributed by atoms with van der Waals surface area (Å²) in [4.78, 5) is 40.4. The van der Waals surface area contributed by atoms with Crippen molar-refractivity contribution in [3.8, 4) is 0 Å². The summed E-state index contributed by atoms with van der Waals surface area (Å²) in [7, 11) is 0. The smallest absolute Gasteiger partial charge is 0.272 e. The molecule has 1 aromatic carbocycles. The van der Waals surface area contributed by atoms with Crippen molar-refractivity contribution < 1.29 is 9.59 Å². The van der Waals surface area contributed by atoms with Crippen LogP contribution in [0.2, 0.25) is 0 Å². The molecule has 134 valence electrons. The van der Waals surface area contributed by atoms with Crippen molar-refractivity contribution in [3.05, 3.63) is 46.1 Å². The molecule has 0 unspecified atom stereocenters. The van der Waals surface area contributed by atoms with E-state index in [1.54, 1.807) is 30.3 Å². The van der Waals surface area contributed by atoms with Crippen LogP contribution in [0.1, 0.15) is 6.92 Å². The summed E-state index contributed by atoms with van der Waals surface area (Å²) in [6.07, 6.45) is 1.81. The molecule has 9 heteroatoms. The van der Waals surface area contributed by atoms with Gasteiger partial charge in [0.05, 0.1) is 5.52 Å². The Labute approximate surface area is 157 Å². The molecule has 0 atom stereocenters. The molecule has 0 saturated carbocycles. The van der Waals surface area contributed by atoms with Crippen LogP contribution < -0.4 is 16.2 Å². The molecular weight excluding hydrogens is 372 g/mol. The van der Waals surface area contributed by atoms with Crippen LogP contribution in [0, 0.1) is 0 Å². The minimum atomic E-state index is -0.326. The number of carbonyl (C=O) groups is 2. The Morgan fingerprint density at radius 1 is 1.15 bits per heavy atom. The van der Waals surface area contributed by atoms with E-state index in [-0.39, 0.29) is 23.9 Å².